The van der Waals surface area contributed by atoms with E-state index in [1.54, 1.807) is 42.5 Å². The van der Waals surface area contributed by atoms with Crippen LogP contribution in [0.5, 0.6) is 11.5 Å². The molecule has 0 radical (unpaired) electrons. The van der Waals surface area contributed by atoms with Gasteiger partial charge in [-0.05, 0) is 36.4 Å². The van der Waals surface area contributed by atoms with Crippen LogP contribution in [0.15, 0.2) is 46.9 Å². The Hall–Kier alpha value is -2.20. The number of phenols is 1. The molecule has 1 N–H and O–H groups in total. The number of hydrogen-bond acceptors (Lipinski definition) is 4. The van der Waals surface area contributed by atoms with Crippen LogP contribution in [-0.2, 0) is 6.61 Å². The highest BCUT2D eigenvalue weighted by Crippen LogP contribution is 2.22. The Morgan fingerprint density at radius 2 is 1.95 bits per heavy atom. The Balaban J connectivity index is 1.76. The Morgan fingerprint density at radius 1 is 1.16 bits per heavy atom. The standard InChI is InChI=1S/C14H10ClNO3/c15-9-1-4-11(5-2-9)18-8-14-16-12-7-10(17)3-6-13(12)19-14/h1-7,17H,8H2. The summed E-state index contributed by atoms with van der Waals surface area (Å²) in [5.74, 6) is 1.30. The molecule has 0 atom stereocenters. The summed E-state index contributed by atoms with van der Waals surface area (Å²) in [6.07, 6.45) is 0. The number of rotatable bonds is 3. The first-order chi connectivity index (χ1) is 9.20. The molecule has 0 saturated carbocycles. The number of hydrogen-bond donors (Lipinski definition) is 1. The van der Waals surface area contributed by atoms with E-state index in [2.05, 4.69) is 4.98 Å². The van der Waals surface area contributed by atoms with E-state index in [-0.39, 0.29) is 12.4 Å². The molecule has 0 saturated heterocycles. The van der Waals surface area contributed by atoms with Gasteiger partial charge in [0.2, 0.25) is 5.89 Å². The number of nitrogens with zero attached hydrogens (tertiary/aromatic N) is 1. The molecule has 0 aliphatic rings. The van der Waals surface area contributed by atoms with Crippen molar-refractivity contribution in [1.82, 2.24) is 4.98 Å². The van der Waals surface area contributed by atoms with Crippen LogP contribution >= 0.6 is 11.6 Å². The zero-order valence-corrected chi connectivity index (χ0v) is 10.6. The zero-order chi connectivity index (χ0) is 13.2. The van der Waals surface area contributed by atoms with E-state index in [0.29, 0.717) is 27.8 Å². The van der Waals surface area contributed by atoms with E-state index in [1.807, 2.05) is 0 Å². The van der Waals surface area contributed by atoms with Gasteiger partial charge in [0.1, 0.15) is 17.0 Å². The molecule has 3 rings (SSSR count). The second-order valence-corrected chi connectivity index (χ2v) is 4.44. The van der Waals surface area contributed by atoms with Crippen molar-refractivity contribution in [2.24, 2.45) is 0 Å². The zero-order valence-electron chi connectivity index (χ0n) is 9.84. The van der Waals surface area contributed by atoms with Crippen LogP contribution in [0.25, 0.3) is 11.1 Å². The number of oxazole rings is 1. The van der Waals surface area contributed by atoms with E-state index in [9.17, 15) is 5.11 Å². The number of aromatic nitrogens is 1. The summed E-state index contributed by atoms with van der Waals surface area (Å²) in [6.45, 7) is 0.219. The van der Waals surface area contributed by atoms with Crippen molar-refractivity contribution >= 4 is 22.7 Å². The van der Waals surface area contributed by atoms with Crippen molar-refractivity contribution in [3.8, 4) is 11.5 Å². The van der Waals surface area contributed by atoms with Crippen LogP contribution in [0.2, 0.25) is 5.02 Å². The lowest BCUT2D eigenvalue weighted by atomic mass is 10.3. The highest BCUT2D eigenvalue weighted by Gasteiger charge is 2.07. The number of benzene rings is 2. The predicted octanol–water partition coefficient (Wildman–Crippen LogP) is 3.77. The van der Waals surface area contributed by atoms with Crippen molar-refractivity contribution < 1.29 is 14.3 Å². The summed E-state index contributed by atoms with van der Waals surface area (Å²) in [6, 6.07) is 11.8. The fraction of sp³-hybridized carbons (Fsp3) is 0.0714. The Morgan fingerprint density at radius 3 is 2.74 bits per heavy atom. The van der Waals surface area contributed by atoms with E-state index < -0.39 is 0 Å². The molecule has 0 amide bonds. The molecule has 19 heavy (non-hydrogen) atoms. The second kappa shape index (κ2) is 4.82. The van der Waals surface area contributed by atoms with Gasteiger partial charge >= 0.3 is 0 Å². The van der Waals surface area contributed by atoms with Gasteiger partial charge in [-0.15, -0.1) is 0 Å². The molecule has 5 heteroatoms. The first-order valence-electron chi connectivity index (χ1n) is 5.67. The number of ether oxygens (including phenoxy) is 1. The maximum Gasteiger partial charge on any atom is 0.233 e. The number of aromatic hydroxyl groups is 1. The lowest BCUT2D eigenvalue weighted by Crippen LogP contribution is -1.94. The fourth-order valence-corrected chi connectivity index (χ4v) is 1.83. The topological polar surface area (TPSA) is 55.5 Å². The number of phenolic OH excluding ortho intramolecular Hbond substituents is 1. The van der Waals surface area contributed by atoms with Crippen molar-refractivity contribution in [1.29, 1.82) is 0 Å². The molecular weight excluding hydrogens is 266 g/mol. The molecule has 96 valence electrons. The molecule has 1 aromatic heterocycles. The first-order valence-corrected chi connectivity index (χ1v) is 6.05. The Bertz CT molecular complexity index is 706. The van der Waals surface area contributed by atoms with Crippen LogP contribution in [-0.4, -0.2) is 10.1 Å². The van der Waals surface area contributed by atoms with E-state index in [4.69, 9.17) is 20.8 Å². The summed E-state index contributed by atoms with van der Waals surface area (Å²) in [4.78, 5) is 4.23. The average molecular weight is 276 g/mol. The largest absolute Gasteiger partial charge is 0.508 e. The van der Waals surface area contributed by atoms with Gasteiger partial charge in [0, 0.05) is 11.1 Å². The molecule has 1 heterocycles. The monoisotopic (exact) mass is 275 g/mol. The number of fused-ring (bicyclic) bond motifs is 1. The summed E-state index contributed by atoms with van der Waals surface area (Å²) < 4.78 is 11.0. The molecule has 0 aliphatic carbocycles. The van der Waals surface area contributed by atoms with E-state index >= 15 is 0 Å². The summed E-state index contributed by atoms with van der Waals surface area (Å²) in [7, 11) is 0. The molecule has 0 spiro atoms. The third-order valence-electron chi connectivity index (χ3n) is 2.59. The summed E-state index contributed by atoms with van der Waals surface area (Å²) in [5.41, 5.74) is 1.22. The lowest BCUT2D eigenvalue weighted by Gasteiger charge is -2.02. The van der Waals surface area contributed by atoms with Gasteiger partial charge in [-0.1, -0.05) is 11.6 Å². The van der Waals surface area contributed by atoms with Gasteiger partial charge in [0.05, 0.1) is 0 Å². The highest BCUT2D eigenvalue weighted by atomic mass is 35.5. The predicted molar refractivity (Wildman–Crippen MR) is 71.5 cm³/mol. The smallest absolute Gasteiger partial charge is 0.233 e. The van der Waals surface area contributed by atoms with Gasteiger partial charge in [-0.2, -0.15) is 0 Å². The fourth-order valence-electron chi connectivity index (χ4n) is 1.70. The van der Waals surface area contributed by atoms with Crippen LogP contribution in [0, 0.1) is 0 Å². The Labute approximate surface area is 114 Å². The van der Waals surface area contributed by atoms with E-state index in [0.717, 1.165) is 0 Å². The highest BCUT2D eigenvalue weighted by molar-refractivity contribution is 6.30. The SMILES string of the molecule is Oc1ccc2oc(COc3ccc(Cl)cc3)nc2c1. The van der Waals surface area contributed by atoms with Crippen molar-refractivity contribution in [2.45, 2.75) is 6.61 Å². The first kappa shape index (κ1) is 11.9. The van der Waals surface area contributed by atoms with Gasteiger partial charge in [-0.3, -0.25) is 0 Å². The molecule has 0 fully saturated rings. The maximum absolute atomic E-state index is 9.35. The minimum absolute atomic E-state index is 0.158. The lowest BCUT2D eigenvalue weighted by molar-refractivity contribution is 0.267. The van der Waals surface area contributed by atoms with Gasteiger partial charge < -0.3 is 14.3 Å². The van der Waals surface area contributed by atoms with Crippen LogP contribution < -0.4 is 4.74 Å². The van der Waals surface area contributed by atoms with Crippen molar-refractivity contribution in [3.05, 3.63) is 53.4 Å². The summed E-state index contributed by atoms with van der Waals surface area (Å²) >= 11 is 5.79. The van der Waals surface area contributed by atoms with Gasteiger partial charge in [0.15, 0.2) is 12.2 Å². The van der Waals surface area contributed by atoms with Crippen molar-refractivity contribution in [2.75, 3.05) is 0 Å². The maximum atomic E-state index is 9.35. The van der Waals surface area contributed by atoms with Gasteiger partial charge in [0.25, 0.3) is 0 Å². The third-order valence-corrected chi connectivity index (χ3v) is 2.84. The molecular formula is C14H10ClNO3. The Kier molecular flexibility index (Phi) is 3.01. The molecule has 3 aromatic rings. The second-order valence-electron chi connectivity index (χ2n) is 4.00. The molecule has 0 aliphatic heterocycles. The molecule has 4 nitrogen and oxygen atoms in total. The molecule has 0 bridgehead atoms. The van der Waals surface area contributed by atoms with E-state index in [1.165, 1.54) is 0 Å². The van der Waals surface area contributed by atoms with Crippen LogP contribution in [0.3, 0.4) is 0 Å². The average Bonchev–Trinajstić information content (AvgIpc) is 2.80. The molecule has 2 aromatic carbocycles. The van der Waals surface area contributed by atoms with Crippen LogP contribution in [0.4, 0.5) is 0 Å². The minimum atomic E-state index is 0.158. The minimum Gasteiger partial charge on any atom is -0.508 e. The third kappa shape index (κ3) is 2.63. The van der Waals surface area contributed by atoms with Gasteiger partial charge in [-0.25, -0.2) is 4.98 Å². The van der Waals surface area contributed by atoms with Crippen molar-refractivity contribution in [3.63, 3.8) is 0 Å². The normalized spacial score (nSPS) is 10.8. The molecule has 0 unspecified atom stereocenters. The summed E-state index contributed by atoms with van der Waals surface area (Å²) in [5, 5.41) is 10.0. The quantitative estimate of drug-likeness (QED) is 0.790. The number of halogens is 1. The van der Waals surface area contributed by atoms with Crippen LogP contribution in [0.1, 0.15) is 5.89 Å².